The number of nitrogens with two attached hydrogens (primary N) is 1. The van der Waals surface area contributed by atoms with Crippen LogP contribution in [0.5, 0.6) is 11.6 Å². The quantitative estimate of drug-likeness (QED) is 0.770. The Labute approximate surface area is 122 Å². The lowest BCUT2D eigenvalue weighted by Crippen LogP contribution is -2.00. The van der Waals surface area contributed by atoms with Gasteiger partial charge in [0, 0.05) is 0 Å². The number of nitrogens with one attached hydrogen (secondary N) is 1. The number of aromatic nitrogens is 4. The number of hydrogen-bond acceptors (Lipinski definition) is 5. The van der Waals surface area contributed by atoms with Crippen molar-refractivity contribution in [3.05, 3.63) is 35.5 Å². The predicted octanol–water partition coefficient (Wildman–Crippen LogP) is 3.16. The molecule has 0 saturated heterocycles. The lowest BCUT2D eigenvalue weighted by atomic mass is 10.0. The number of nitrogen functional groups attached to an aromatic ring is 1. The number of hydrogen-bond donors (Lipinski definition) is 2. The van der Waals surface area contributed by atoms with Crippen molar-refractivity contribution in [3.63, 3.8) is 0 Å². The molecule has 0 fully saturated rings. The summed E-state index contributed by atoms with van der Waals surface area (Å²) in [6.45, 7) is 6.28. The monoisotopic (exact) mass is 283 g/mol. The van der Waals surface area contributed by atoms with E-state index >= 15 is 0 Å². The normalized spacial score (nSPS) is 11.2. The minimum absolute atomic E-state index is 0.153. The van der Waals surface area contributed by atoms with Crippen LogP contribution in [-0.2, 0) is 0 Å². The van der Waals surface area contributed by atoms with E-state index in [2.05, 4.69) is 46.1 Å². The molecule has 0 unspecified atom stereocenters. The molecule has 0 aliphatic rings. The Kier molecular flexibility index (Phi) is 3.21. The van der Waals surface area contributed by atoms with Crippen LogP contribution in [0.25, 0.3) is 11.0 Å². The first kappa shape index (κ1) is 13.4. The molecule has 0 radical (unpaired) electrons. The smallest absolute Gasteiger partial charge is 0.235 e. The Morgan fingerprint density at radius 2 is 2.05 bits per heavy atom. The lowest BCUT2D eigenvalue weighted by molar-refractivity contribution is 0.460. The highest BCUT2D eigenvalue weighted by Gasteiger charge is 2.14. The van der Waals surface area contributed by atoms with Crippen LogP contribution in [0.1, 0.15) is 30.9 Å². The van der Waals surface area contributed by atoms with Gasteiger partial charge >= 0.3 is 0 Å². The van der Waals surface area contributed by atoms with Crippen LogP contribution < -0.4 is 10.5 Å². The Bertz CT molecular complexity index is 794. The number of fused-ring (bicyclic) bond motifs is 1. The summed E-state index contributed by atoms with van der Waals surface area (Å²) in [4.78, 5) is 8.27. The van der Waals surface area contributed by atoms with Crippen LogP contribution in [0.2, 0.25) is 0 Å². The number of rotatable bonds is 3. The molecule has 21 heavy (non-hydrogen) atoms. The summed E-state index contributed by atoms with van der Waals surface area (Å²) in [5.74, 6) is 1.70. The first-order chi connectivity index (χ1) is 10.0. The number of aromatic amines is 1. The van der Waals surface area contributed by atoms with Gasteiger partial charge in [-0.2, -0.15) is 15.1 Å². The van der Waals surface area contributed by atoms with Crippen LogP contribution in [0.4, 0.5) is 5.95 Å². The summed E-state index contributed by atoms with van der Waals surface area (Å²) >= 11 is 0. The molecule has 0 spiro atoms. The first-order valence-electron chi connectivity index (χ1n) is 6.79. The fourth-order valence-corrected chi connectivity index (χ4v) is 2.21. The third kappa shape index (κ3) is 2.52. The summed E-state index contributed by atoms with van der Waals surface area (Å²) in [5.41, 5.74) is 8.53. The summed E-state index contributed by atoms with van der Waals surface area (Å²) in [5, 5.41) is 7.44. The first-order valence-corrected chi connectivity index (χ1v) is 6.79. The number of benzene rings is 1. The average Bonchev–Trinajstić information content (AvgIpc) is 2.86. The van der Waals surface area contributed by atoms with Crippen LogP contribution in [0.3, 0.4) is 0 Å². The van der Waals surface area contributed by atoms with E-state index in [0.29, 0.717) is 22.8 Å². The van der Waals surface area contributed by atoms with Gasteiger partial charge in [0.2, 0.25) is 11.8 Å². The second kappa shape index (κ2) is 5.05. The predicted molar refractivity (Wildman–Crippen MR) is 81.4 cm³/mol. The molecule has 0 atom stereocenters. The highest BCUT2D eigenvalue weighted by atomic mass is 16.5. The maximum Gasteiger partial charge on any atom is 0.235 e. The zero-order valence-corrected chi connectivity index (χ0v) is 12.2. The standard InChI is InChI=1S/C15H17N5O/c1-8(2)10-5-4-9(3)6-12(10)21-14-11-7-17-20-13(11)18-15(16)19-14/h4-8H,1-3H3,(H3,16,17,18,19,20). The molecule has 6 nitrogen and oxygen atoms in total. The molecular formula is C15H17N5O. The lowest BCUT2D eigenvalue weighted by Gasteiger charge is -2.14. The van der Waals surface area contributed by atoms with Gasteiger partial charge in [-0.05, 0) is 30.0 Å². The Morgan fingerprint density at radius 1 is 1.24 bits per heavy atom. The van der Waals surface area contributed by atoms with Gasteiger partial charge in [-0.1, -0.05) is 26.0 Å². The van der Waals surface area contributed by atoms with Gasteiger partial charge in [-0.25, -0.2) is 0 Å². The van der Waals surface area contributed by atoms with Crippen molar-refractivity contribution in [1.29, 1.82) is 0 Å². The number of H-pyrrole nitrogens is 1. The molecule has 0 bridgehead atoms. The Hall–Kier alpha value is -2.63. The minimum Gasteiger partial charge on any atom is -0.438 e. The molecule has 3 N–H and O–H groups in total. The molecule has 108 valence electrons. The van der Waals surface area contributed by atoms with Crippen LogP contribution in [0, 0.1) is 6.92 Å². The number of aryl methyl sites for hydroxylation is 1. The van der Waals surface area contributed by atoms with Gasteiger partial charge in [0.1, 0.15) is 11.1 Å². The maximum absolute atomic E-state index is 6.01. The van der Waals surface area contributed by atoms with E-state index in [1.807, 2.05) is 13.0 Å². The summed E-state index contributed by atoms with van der Waals surface area (Å²) in [7, 11) is 0. The van der Waals surface area contributed by atoms with Gasteiger partial charge in [0.15, 0.2) is 5.65 Å². The van der Waals surface area contributed by atoms with Gasteiger partial charge in [0.05, 0.1) is 6.20 Å². The molecule has 3 rings (SSSR count). The van der Waals surface area contributed by atoms with Crippen molar-refractivity contribution in [2.24, 2.45) is 0 Å². The molecule has 0 amide bonds. The van der Waals surface area contributed by atoms with Crippen molar-refractivity contribution in [2.75, 3.05) is 5.73 Å². The van der Waals surface area contributed by atoms with Crippen molar-refractivity contribution >= 4 is 17.0 Å². The van der Waals surface area contributed by atoms with E-state index < -0.39 is 0 Å². The highest BCUT2D eigenvalue weighted by Crippen LogP contribution is 2.33. The van der Waals surface area contributed by atoms with Gasteiger partial charge in [0.25, 0.3) is 0 Å². The van der Waals surface area contributed by atoms with E-state index in [1.54, 1.807) is 6.20 Å². The molecule has 0 saturated carbocycles. The fourth-order valence-electron chi connectivity index (χ4n) is 2.21. The minimum atomic E-state index is 0.153. The summed E-state index contributed by atoms with van der Waals surface area (Å²) in [6.07, 6.45) is 1.63. The zero-order chi connectivity index (χ0) is 15.0. The fraction of sp³-hybridized carbons (Fsp3) is 0.267. The Morgan fingerprint density at radius 3 is 2.81 bits per heavy atom. The Balaban J connectivity index is 2.10. The van der Waals surface area contributed by atoms with Gasteiger partial charge in [-0.15, -0.1) is 0 Å². The molecule has 3 aromatic rings. The van der Waals surface area contributed by atoms with E-state index in [-0.39, 0.29) is 5.95 Å². The number of anilines is 1. The maximum atomic E-state index is 6.01. The van der Waals surface area contributed by atoms with E-state index in [4.69, 9.17) is 10.5 Å². The van der Waals surface area contributed by atoms with E-state index in [1.165, 1.54) is 0 Å². The molecule has 2 heterocycles. The molecule has 2 aromatic heterocycles. The highest BCUT2D eigenvalue weighted by molar-refractivity contribution is 5.80. The van der Waals surface area contributed by atoms with Gasteiger partial charge < -0.3 is 10.5 Å². The molecule has 0 aliphatic carbocycles. The van der Waals surface area contributed by atoms with Crippen molar-refractivity contribution in [1.82, 2.24) is 20.2 Å². The van der Waals surface area contributed by atoms with Crippen LogP contribution in [-0.4, -0.2) is 20.2 Å². The number of nitrogens with zero attached hydrogens (tertiary/aromatic N) is 3. The van der Waals surface area contributed by atoms with Gasteiger partial charge in [-0.3, -0.25) is 5.10 Å². The second-order valence-electron chi connectivity index (χ2n) is 5.32. The molecule has 6 heteroatoms. The summed E-state index contributed by atoms with van der Waals surface area (Å²) < 4.78 is 6.01. The SMILES string of the molecule is Cc1ccc(C(C)C)c(Oc2nc(N)nc3[nH]ncc23)c1. The van der Waals surface area contributed by atoms with Crippen LogP contribution >= 0.6 is 0 Å². The second-order valence-corrected chi connectivity index (χ2v) is 5.32. The molecular weight excluding hydrogens is 266 g/mol. The van der Waals surface area contributed by atoms with E-state index in [9.17, 15) is 0 Å². The number of ether oxygens (including phenoxy) is 1. The summed E-state index contributed by atoms with van der Waals surface area (Å²) in [6, 6.07) is 6.15. The van der Waals surface area contributed by atoms with Crippen LogP contribution in [0.15, 0.2) is 24.4 Å². The topological polar surface area (TPSA) is 89.7 Å². The molecule has 0 aliphatic heterocycles. The van der Waals surface area contributed by atoms with E-state index in [0.717, 1.165) is 16.9 Å². The zero-order valence-electron chi connectivity index (χ0n) is 12.2. The third-order valence-electron chi connectivity index (χ3n) is 3.29. The molecule has 1 aromatic carbocycles. The largest absolute Gasteiger partial charge is 0.438 e. The van der Waals surface area contributed by atoms with Crippen molar-refractivity contribution in [2.45, 2.75) is 26.7 Å². The third-order valence-corrected chi connectivity index (χ3v) is 3.29. The van der Waals surface area contributed by atoms with Crippen molar-refractivity contribution < 1.29 is 4.74 Å². The average molecular weight is 283 g/mol. The van der Waals surface area contributed by atoms with Crippen molar-refractivity contribution in [3.8, 4) is 11.6 Å².